The van der Waals surface area contributed by atoms with Gasteiger partial charge in [0.15, 0.2) is 0 Å². The fourth-order valence-electron chi connectivity index (χ4n) is 3.00. The second-order valence-corrected chi connectivity index (χ2v) is 5.46. The normalized spacial score (nSPS) is 18.9. The molecule has 1 aromatic carbocycles. The van der Waals surface area contributed by atoms with Gasteiger partial charge in [-0.1, -0.05) is 0 Å². The van der Waals surface area contributed by atoms with Crippen LogP contribution < -0.4 is 4.74 Å². The zero-order valence-electron chi connectivity index (χ0n) is 10.6. The molecule has 0 radical (unpaired) electrons. The maximum Gasteiger partial charge on any atom is 0.119 e. The van der Waals surface area contributed by atoms with Crippen LogP contribution in [0, 0.1) is 5.92 Å². The van der Waals surface area contributed by atoms with Crippen LogP contribution in [0.15, 0.2) is 18.2 Å². The summed E-state index contributed by atoms with van der Waals surface area (Å²) in [7, 11) is 1.72. The van der Waals surface area contributed by atoms with Crippen LogP contribution in [0.5, 0.6) is 5.75 Å². The van der Waals surface area contributed by atoms with Crippen LogP contribution in [-0.4, -0.2) is 18.0 Å². The molecule has 3 heteroatoms. The van der Waals surface area contributed by atoms with Gasteiger partial charge in [0, 0.05) is 22.5 Å². The quantitative estimate of drug-likeness (QED) is 0.835. The van der Waals surface area contributed by atoms with Crippen molar-refractivity contribution in [2.45, 2.75) is 25.7 Å². The summed E-state index contributed by atoms with van der Waals surface area (Å²) in [4.78, 5) is 3.54. The van der Waals surface area contributed by atoms with E-state index in [2.05, 4.69) is 17.1 Å². The van der Waals surface area contributed by atoms with Crippen molar-refractivity contribution < 1.29 is 4.74 Å². The molecule has 1 heterocycles. The van der Waals surface area contributed by atoms with Crippen LogP contribution in [0.3, 0.4) is 0 Å². The first kappa shape index (κ1) is 11.9. The standard InChI is InChI=1S/C15H18ClNO/c1-18-11-3-5-15-13(9-11)12-8-10(6-7-16)2-4-14(12)17-15/h3,5,9-10,17H,2,4,6-8H2,1H3. The van der Waals surface area contributed by atoms with Crippen molar-refractivity contribution >= 4 is 22.5 Å². The van der Waals surface area contributed by atoms with Crippen LogP contribution in [0.25, 0.3) is 10.9 Å². The van der Waals surface area contributed by atoms with E-state index in [0.717, 1.165) is 36.8 Å². The Labute approximate surface area is 112 Å². The molecule has 0 spiro atoms. The molecule has 96 valence electrons. The molecule has 0 fully saturated rings. The Kier molecular flexibility index (Phi) is 3.21. The number of aromatic amines is 1. The Morgan fingerprint density at radius 3 is 3.11 bits per heavy atom. The number of alkyl halides is 1. The molecule has 1 aliphatic carbocycles. The van der Waals surface area contributed by atoms with Gasteiger partial charge in [0.2, 0.25) is 0 Å². The van der Waals surface area contributed by atoms with Crippen LogP contribution in [-0.2, 0) is 12.8 Å². The number of halogens is 1. The lowest BCUT2D eigenvalue weighted by Gasteiger charge is -2.21. The Hall–Kier alpha value is -1.15. The molecule has 0 aliphatic heterocycles. The molecular formula is C15H18ClNO. The molecule has 2 aromatic rings. The first-order valence-corrected chi connectivity index (χ1v) is 7.08. The van der Waals surface area contributed by atoms with E-state index in [-0.39, 0.29) is 0 Å². The lowest BCUT2D eigenvalue weighted by molar-refractivity contribution is 0.415. The van der Waals surface area contributed by atoms with Crippen molar-refractivity contribution in [3.8, 4) is 5.75 Å². The van der Waals surface area contributed by atoms with E-state index < -0.39 is 0 Å². The lowest BCUT2D eigenvalue weighted by atomic mass is 9.85. The van der Waals surface area contributed by atoms with Crippen molar-refractivity contribution in [2.24, 2.45) is 5.92 Å². The van der Waals surface area contributed by atoms with Crippen LogP contribution in [0.4, 0.5) is 0 Å². The third-order valence-corrected chi connectivity index (χ3v) is 4.23. The number of hydrogen-bond acceptors (Lipinski definition) is 1. The topological polar surface area (TPSA) is 25.0 Å². The predicted octanol–water partition coefficient (Wildman–Crippen LogP) is 3.91. The second-order valence-electron chi connectivity index (χ2n) is 5.08. The molecule has 0 amide bonds. The van der Waals surface area contributed by atoms with E-state index in [4.69, 9.17) is 16.3 Å². The molecular weight excluding hydrogens is 246 g/mol. The van der Waals surface area contributed by atoms with Gasteiger partial charge in [0.1, 0.15) is 5.75 Å². The smallest absolute Gasteiger partial charge is 0.119 e. The van der Waals surface area contributed by atoms with Gasteiger partial charge in [0.25, 0.3) is 0 Å². The number of fused-ring (bicyclic) bond motifs is 3. The van der Waals surface area contributed by atoms with Crippen LogP contribution in [0.1, 0.15) is 24.1 Å². The fourth-order valence-corrected chi connectivity index (χ4v) is 3.30. The number of aryl methyl sites for hydroxylation is 1. The van der Waals surface area contributed by atoms with Crippen LogP contribution >= 0.6 is 11.6 Å². The molecule has 3 rings (SSSR count). The van der Waals surface area contributed by atoms with Crippen molar-refractivity contribution in [1.29, 1.82) is 0 Å². The lowest BCUT2D eigenvalue weighted by Crippen LogP contribution is -2.13. The van der Waals surface area contributed by atoms with Crippen molar-refractivity contribution in [1.82, 2.24) is 4.98 Å². The summed E-state index contributed by atoms with van der Waals surface area (Å²) in [5.41, 5.74) is 4.11. The number of ether oxygens (including phenoxy) is 1. The van der Waals surface area contributed by atoms with Gasteiger partial charge < -0.3 is 9.72 Å². The first-order chi connectivity index (χ1) is 8.81. The molecule has 1 aromatic heterocycles. The molecule has 0 saturated heterocycles. The molecule has 1 aliphatic rings. The van der Waals surface area contributed by atoms with Gasteiger partial charge in [-0.3, -0.25) is 0 Å². The maximum atomic E-state index is 5.87. The van der Waals surface area contributed by atoms with E-state index in [9.17, 15) is 0 Å². The highest BCUT2D eigenvalue weighted by Crippen LogP contribution is 2.34. The number of aromatic nitrogens is 1. The number of nitrogens with one attached hydrogen (secondary N) is 1. The number of H-pyrrole nitrogens is 1. The van der Waals surface area contributed by atoms with Crippen molar-refractivity contribution in [3.63, 3.8) is 0 Å². The van der Waals surface area contributed by atoms with Gasteiger partial charge in [-0.05, 0) is 55.4 Å². The Balaban J connectivity index is 2.02. The highest BCUT2D eigenvalue weighted by atomic mass is 35.5. The molecule has 1 unspecified atom stereocenters. The predicted molar refractivity (Wildman–Crippen MR) is 75.7 cm³/mol. The monoisotopic (exact) mass is 263 g/mol. The van der Waals surface area contributed by atoms with Crippen molar-refractivity contribution in [2.75, 3.05) is 13.0 Å². The third-order valence-electron chi connectivity index (χ3n) is 4.01. The number of methoxy groups -OCH3 is 1. The number of rotatable bonds is 3. The van der Waals surface area contributed by atoms with E-state index in [1.54, 1.807) is 7.11 Å². The Morgan fingerprint density at radius 2 is 2.33 bits per heavy atom. The molecule has 0 saturated carbocycles. The second kappa shape index (κ2) is 4.85. The van der Waals surface area contributed by atoms with E-state index in [1.165, 1.54) is 28.6 Å². The number of benzene rings is 1. The molecule has 1 N–H and O–H groups in total. The third kappa shape index (κ3) is 1.99. The fraction of sp³-hybridized carbons (Fsp3) is 0.467. The molecule has 2 nitrogen and oxygen atoms in total. The molecule has 1 atom stereocenters. The zero-order valence-corrected chi connectivity index (χ0v) is 11.4. The van der Waals surface area contributed by atoms with Crippen LogP contribution in [0.2, 0.25) is 0 Å². The average molecular weight is 264 g/mol. The molecule has 0 bridgehead atoms. The molecule has 18 heavy (non-hydrogen) atoms. The SMILES string of the molecule is COc1ccc2[nH]c3c(c2c1)CC(CCCl)CC3. The largest absolute Gasteiger partial charge is 0.497 e. The summed E-state index contributed by atoms with van der Waals surface area (Å²) in [5.74, 6) is 2.44. The summed E-state index contributed by atoms with van der Waals surface area (Å²) in [6, 6.07) is 6.28. The van der Waals surface area contributed by atoms with Crippen molar-refractivity contribution in [3.05, 3.63) is 29.5 Å². The first-order valence-electron chi connectivity index (χ1n) is 6.55. The summed E-state index contributed by atoms with van der Waals surface area (Å²) >= 11 is 5.87. The minimum Gasteiger partial charge on any atom is -0.497 e. The van der Waals surface area contributed by atoms with Gasteiger partial charge in [-0.25, -0.2) is 0 Å². The van der Waals surface area contributed by atoms with Gasteiger partial charge >= 0.3 is 0 Å². The average Bonchev–Trinajstić information content (AvgIpc) is 2.76. The Morgan fingerprint density at radius 1 is 1.44 bits per heavy atom. The highest BCUT2D eigenvalue weighted by Gasteiger charge is 2.22. The Bertz CT molecular complexity index is 561. The maximum absolute atomic E-state index is 5.87. The summed E-state index contributed by atoms with van der Waals surface area (Å²) < 4.78 is 5.32. The van der Waals surface area contributed by atoms with E-state index in [1.807, 2.05) is 6.07 Å². The summed E-state index contributed by atoms with van der Waals surface area (Å²) in [6.45, 7) is 0. The van der Waals surface area contributed by atoms with E-state index >= 15 is 0 Å². The minimum absolute atomic E-state index is 0.736. The van der Waals surface area contributed by atoms with Gasteiger partial charge in [0.05, 0.1) is 7.11 Å². The highest BCUT2D eigenvalue weighted by molar-refractivity contribution is 6.17. The van der Waals surface area contributed by atoms with Gasteiger partial charge in [-0.15, -0.1) is 11.6 Å². The summed E-state index contributed by atoms with van der Waals surface area (Å²) in [6.07, 6.45) is 4.67. The number of hydrogen-bond donors (Lipinski definition) is 1. The minimum atomic E-state index is 0.736. The van der Waals surface area contributed by atoms with Gasteiger partial charge in [-0.2, -0.15) is 0 Å². The van der Waals surface area contributed by atoms with E-state index in [0.29, 0.717) is 0 Å². The summed E-state index contributed by atoms with van der Waals surface area (Å²) in [5, 5.41) is 1.32. The zero-order chi connectivity index (χ0) is 12.5.